The highest BCUT2D eigenvalue weighted by atomic mass is 16.2. The number of hydrogen-bond donors (Lipinski definition) is 1. The van der Waals surface area contributed by atoms with Gasteiger partial charge in [-0.15, -0.1) is 0 Å². The number of amides is 1. The number of nitrogen functional groups attached to an aromatic ring is 1. The summed E-state index contributed by atoms with van der Waals surface area (Å²) in [4.78, 5) is 16.9. The molecule has 1 heterocycles. The normalized spacial score (nSPS) is 16.0. The number of anilines is 1. The van der Waals surface area contributed by atoms with Crippen LogP contribution in [-0.2, 0) is 7.05 Å². The molecule has 112 valence electrons. The number of likely N-dealkylation sites (N-methyl/N-ethyl adjacent to an activating group) is 1. The lowest BCUT2D eigenvalue weighted by atomic mass is 10.2. The van der Waals surface area contributed by atoms with E-state index < -0.39 is 0 Å². The molecule has 1 aliphatic carbocycles. The lowest BCUT2D eigenvalue weighted by Gasteiger charge is -2.30. The Labute approximate surface area is 120 Å². The molecule has 0 aliphatic heterocycles. The standard InChI is InChI=1S/C14H25N5O/c1-17(2)8-9-19(11-6-4-5-7-11)14(20)13-12(15)10-16-18(13)3/h10-11H,4-9,15H2,1-3H3. The number of rotatable bonds is 5. The molecule has 0 atom stereocenters. The quantitative estimate of drug-likeness (QED) is 0.871. The van der Waals surface area contributed by atoms with Gasteiger partial charge in [0.2, 0.25) is 0 Å². The van der Waals surface area contributed by atoms with Gasteiger partial charge in [0, 0.05) is 26.2 Å². The van der Waals surface area contributed by atoms with Crippen LogP contribution in [0.3, 0.4) is 0 Å². The van der Waals surface area contributed by atoms with Crippen molar-refractivity contribution in [3.8, 4) is 0 Å². The van der Waals surface area contributed by atoms with E-state index in [2.05, 4.69) is 10.00 Å². The zero-order valence-corrected chi connectivity index (χ0v) is 12.7. The van der Waals surface area contributed by atoms with Crippen LogP contribution in [0.25, 0.3) is 0 Å². The van der Waals surface area contributed by atoms with Gasteiger partial charge in [0.1, 0.15) is 5.69 Å². The average molecular weight is 279 g/mol. The first-order valence-corrected chi connectivity index (χ1v) is 7.24. The van der Waals surface area contributed by atoms with Crippen molar-refractivity contribution >= 4 is 11.6 Å². The van der Waals surface area contributed by atoms with Crippen LogP contribution in [0.4, 0.5) is 5.69 Å². The Kier molecular flexibility index (Phi) is 4.65. The van der Waals surface area contributed by atoms with Gasteiger partial charge in [-0.1, -0.05) is 12.8 Å². The van der Waals surface area contributed by atoms with E-state index in [4.69, 9.17) is 5.73 Å². The van der Waals surface area contributed by atoms with E-state index in [1.54, 1.807) is 17.9 Å². The molecule has 2 N–H and O–H groups in total. The lowest BCUT2D eigenvalue weighted by Crippen LogP contribution is -2.43. The van der Waals surface area contributed by atoms with E-state index >= 15 is 0 Å². The van der Waals surface area contributed by atoms with Crippen molar-refractivity contribution in [1.82, 2.24) is 19.6 Å². The van der Waals surface area contributed by atoms with Gasteiger partial charge in [-0.25, -0.2) is 0 Å². The Hall–Kier alpha value is -1.56. The van der Waals surface area contributed by atoms with Crippen LogP contribution >= 0.6 is 0 Å². The highest BCUT2D eigenvalue weighted by Gasteiger charge is 2.29. The second-order valence-corrected chi connectivity index (χ2v) is 5.81. The summed E-state index contributed by atoms with van der Waals surface area (Å²) in [5, 5.41) is 4.08. The number of hydrogen-bond acceptors (Lipinski definition) is 4. The van der Waals surface area contributed by atoms with Gasteiger partial charge in [0.15, 0.2) is 0 Å². The van der Waals surface area contributed by atoms with E-state index in [0.29, 0.717) is 17.4 Å². The topological polar surface area (TPSA) is 67.4 Å². The van der Waals surface area contributed by atoms with Crippen LogP contribution in [0.2, 0.25) is 0 Å². The number of carbonyl (C=O) groups excluding carboxylic acids is 1. The molecule has 1 aromatic rings. The number of nitrogens with two attached hydrogens (primary N) is 1. The summed E-state index contributed by atoms with van der Waals surface area (Å²) in [6, 6.07) is 0.344. The van der Waals surface area contributed by atoms with E-state index in [0.717, 1.165) is 25.9 Å². The first-order valence-electron chi connectivity index (χ1n) is 7.24. The third-order valence-electron chi connectivity index (χ3n) is 3.98. The first kappa shape index (κ1) is 14.8. The third-order valence-corrected chi connectivity index (χ3v) is 3.98. The first-order chi connectivity index (χ1) is 9.50. The molecule has 0 saturated heterocycles. The number of aromatic nitrogens is 2. The molecule has 0 radical (unpaired) electrons. The van der Waals surface area contributed by atoms with Crippen molar-refractivity contribution in [1.29, 1.82) is 0 Å². The summed E-state index contributed by atoms with van der Waals surface area (Å²) >= 11 is 0. The SMILES string of the molecule is CN(C)CCN(C(=O)c1c(N)cnn1C)C1CCCC1. The molecular weight excluding hydrogens is 254 g/mol. The van der Waals surface area contributed by atoms with Crippen molar-refractivity contribution < 1.29 is 4.79 Å². The van der Waals surface area contributed by atoms with Gasteiger partial charge in [0.25, 0.3) is 5.91 Å². The maximum Gasteiger partial charge on any atom is 0.274 e. The summed E-state index contributed by atoms with van der Waals surface area (Å²) in [7, 11) is 5.81. The van der Waals surface area contributed by atoms with Crippen molar-refractivity contribution in [2.24, 2.45) is 7.05 Å². The summed E-state index contributed by atoms with van der Waals surface area (Å²) in [6.45, 7) is 1.60. The van der Waals surface area contributed by atoms with Crippen molar-refractivity contribution in [3.05, 3.63) is 11.9 Å². The second kappa shape index (κ2) is 6.26. The Morgan fingerprint density at radius 2 is 2.05 bits per heavy atom. The minimum Gasteiger partial charge on any atom is -0.396 e. The van der Waals surface area contributed by atoms with Gasteiger partial charge < -0.3 is 15.5 Å². The van der Waals surface area contributed by atoms with Crippen LogP contribution in [-0.4, -0.2) is 58.7 Å². The third kappa shape index (κ3) is 3.12. The number of carbonyl (C=O) groups is 1. The predicted molar refractivity (Wildman–Crippen MR) is 79.5 cm³/mol. The highest BCUT2D eigenvalue weighted by molar-refractivity contribution is 5.97. The highest BCUT2D eigenvalue weighted by Crippen LogP contribution is 2.25. The van der Waals surface area contributed by atoms with E-state index in [9.17, 15) is 4.79 Å². The summed E-state index contributed by atoms with van der Waals surface area (Å²) < 4.78 is 1.58. The fraction of sp³-hybridized carbons (Fsp3) is 0.714. The summed E-state index contributed by atoms with van der Waals surface area (Å²) in [5.74, 6) is 0.0104. The molecule has 0 bridgehead atoms. The fourth-order valence-electron chi connectivity index (χ4n) is 2.83. The van der Waals surface area contributed by atoms with Crippen LogP contribution in [0, 0.1) is 0 Å². The van der Waals surface area contributed by atoms with Crippen LogP contribution in [0.5, 0.6) is 0 Å². The van der Waals surface area contributed by atoms with Gasteiger partial charge >= 0.3 is 0 Å². The molecule has 0 spiro atoms. The van der Waals surface area contributed by atoms with Gasteiger partial charge in [-0.05, 0) is 26.9 Å². The Morgan fingerprint density at radius 3 is 2.55 bits per heavy atom. The van der Waals surface area contributed by atoms with Gasteiger partial charge in [-0.3, -0.25) is 9.48 Å². The van der Waals surface area contributed by atoms with E-state index in [-0.39, 0.29) is 5.91 Å². The molecule has 1 aromatic heterocycles. The monoisotopic (exact) mass is 279 g/mol. The van der Waals surface area contributed by atoms with E-state index in [1.165, 1.54) is 12.8 Å². The maximum absolute atomic E-state index is 12.8. The molecule has 6 nitrogen and oxygen atoms in total. The predicted octanol–water partition coefficient (Wildman–Crippen LogP) is 0.949. The minimum absolute atomic E-state index is 0.0104. The van der Waals surface area contributed by atoms with Crippen LogP contribution in [0.15, 0.2) is 6.20 Å². The van der Waals surface area contributed by atoms with Crippen LogP contribution < -0.4 is 5.73 Å². The zero-order chi connectivity index (χ0) is 14.7. The lowest BCUT2D eigenvalue weighted by molar-refractivity contribution is 0.0657. The Bertz CT molecular complexity index is 443. The Morgan fingerprint density at radius 1 is 1.40 bits per heavy atom. The van der Waals surface area contributed by atoms with E-state index in [1.807, 2.05) is 19.0 Å². The molecule has 1 saturated carbocycles. The Balaban J connectivity index is 2.18. The molecule has 2 rings (SSSR count). The maximum atomic E-state index is 12.8. The van der Waals surface area contributed by atoms with Crippen molar-refractivity contribution in [2.75, 3.05) is 32.9 Å². The van der Waals surface area contributed by atoms with Crippen LogP contribution in [0.1, 0.15) is 36.2 Å². The minimum atomic E-state index is 0.0104. The van der Waals surface area contributed by atoms with Gasteiger partial charge in [0.05, 0.1) is 11.9 Å². The van der Waals surface area contributed by atoms with Crippen molar-refractivity contribution in [2.45, 2.75) is 31.7 Å². The second-order valence-electron chi connectivity index (χ2n) is 5.81. The molecule has 1 aliphatic rings. The van der Waals surface area contributed by atoms with Gasteiger partial charge in [-0.2, -0.15) is 5.10 Å². The molecule has 1 fully saturated rings. The molecule has 0 aromatic carbocycles. The molecular formula is C14H25N5O. The number of nitrogens with zero attached hydrogens (tertiary/aromatic N) is 4. The summed E-state index contributed by atoms with van der Waals surface area (Å²) in [6.07, 6.45) is 6.15. The number of aryl methyl sites for hydroxylation is 1. The average Bonchev–Trinajstić information content (AvgIpc) is 3.00. The summed E-state index contributed by atoms with van der Waals surface area (Å²) in [5.41, 5.74) is 6.87. The molecule has 20 heavy (non-hydrogen) atoms. The largest absolute Gasteiger partial charge is 0.396 e. The molecule has 1 amide bonds. The fourth-order valence-corrected chi connectivity index (χ4v) is 2.83. The molecule has 0 unspecified atom stereocenters. The van der Waals surface area contributed by atoms with Crippen molar-refractivity contribution in [3.63, 3.8) is 0 Å². The molecule has 6 heteroatoms. The smallest absolute Gasteiger partial charge is 0.274 e. The zero-order valence-electron chi connectivity index (χ0n) is 12.7.